The summed E-state index contributed by atoms with van der Waals surface area (Å²) in [6.45, 7) is 2.19. The molecular formula is C20H20F3NO2. The first-order valence-corrected chi connectivity index (χ1v) is 8.31. The largest absolute Gasteiger partial charge is 0.435 e. The molecule has 0 aromatic heterocycles. The van der Waals surface area contributed by atoms with Crippen molar-refractivity contribution in [3.05, 3.63) is 71.8 Å². The first-order chi connectivity index (χ1) is 12.2. The third kappa shape index (κ3) is 2.93. The van der Waals surface area contributed by atoms with Crippen LogP contribution in [0.3, 0.4) is 0 Å². The van der Waals surface area contributed by atoms with Gasteiger partial charge in [-0.25, -0.2) is 4.79 Å². The lowest BCUT2D eigenvalue weighted by Crippen LogP contribution is -2.53. The van der Waals surface area contributed by atoms with Crippen LogP contribution in [-0.2, 0) is 16.9 Å². The minimum Gasteiger partial charge on any atom is -0.435 e. The maximum atomic E-state index is 13.9. The Morgan fingerprint density at radius 2 is 1.54 bits per heavy atom. The third-order valence-corrected chi connectivity index (χ3v) is 5.11. The molecule has 1 saturated heterocycles. The average Bonchev–Trinajstić information content (AvgIpc) is 2.94. The van der Waals surface area contributed by atoms with E-state index < -0.39 is 23.3 Å². The van der Waals surface area contributed by atoms with E-state index in [4.69, 9.17) is 4.74 Å². The number of hydrogen-bond acceptors (Lipinski definition) is 2. The Labute approximate surface area is 150 Å². The van der Waals surface area contributed by atoms with Gasteiger partial charge in [-0.2, -0.15) is 13.2 Å². The number of halogens is 3. The van der Waals surface area contributed by atoms with E-state index in [-0.39, 0.29) is 13.1 Å². The highest BCUT2D eigenvalue weighted by Gasteiger charge is 2.67. The molecule has 0 N–H and O–H groups in total. The van der Waals surface area contributed by atoms with Gasteiger partial charge in [0.15, 0.2) is 5.60 Å². The van der Waals surface area contributed by atoms with E-state index in [1.54, 1.807) is 30.3 Å². The van der Waals surface area contributed by atoms with Crippen LogP contribution in [0, 0.1) is 5.41 Å². The maximum Gasteiger partial charge on any atom is 0.411 e. The number of nitrogens with zero attached hydrogens (tertiary/aromatic N) is 1. The molecule has 1 atom stereocenters. The Hall–Kier alpha value is -2.50. The lowest BCUT2D eigenvalue weighted by Gasteiger charge is -2.43. The van der Waals surface area contributed by atoms with Crippen LogP contribution in [0.5, 0.6) is 0 Å². The Bertz CT molecular complexity index is 775. The van der Waals surface area contributed by atoms with Crippen LogP contribution >= 0.6 is 0 Å². The van der Waals surface area contributed by atoms with Gasteiger partial charge in [-0.05, 0) is 25.0 Å². The first-order valence-electron chi connectivity index (χ1n) is 8.31. The smallest absolute Gasteiger partial charge is 0.411 e. The highest BCUT2D eigenvalue weighted by molar-refractivity contribution is 5.71. The second-order valence-corrected chi connectivity index (χ2v) is 7.03. The van der Waals surface area contributed by atoms with Crippen molar-refractivity contribution in [2.24, 2.45) is 5.41 Å². The predicted molar refractivity (Wildman–Crippen MR) is 91.3 cm³/mol. The summed E-state index contributed by atoms with van der Waals surface area (Å²) in [6.07, 6.45) is -5.29. The monoisotopic (exact) mass is 363 g/mol. The molecule has 3 rings (SSSR count). The Morgan fingerprint density at radius 1 is 1.00 bits per heavy atom. The summed E-state index contributed by atoms with van der Waals surface area (Å²) in [7, 11) is 0. The van der Waals surface area contributed by atoms with E-state index in [2.05, 4.69) is 0 Å². The predicted octanol–water partition coefficient (Wildman–Crippen LogP) is 5.12. The lowest BCUT2D eigenvalue weighted by atomic mass is 9.70. The summed E-state index contributed by atoms with van der Waals surface area (Å²) in [5.74, 6) is 0. The van der Waals surface area contributed by atoms with Crippen LogP contribution < -0.4 is 0 Å². The molecule has 0 saturated carbocycles. The van der Waals surface area contributed by atoms with Crippen molar-refractivity contribution in [1.82, 2.24) is 4.90 Å². The zero-order valence-electron chi connectivity index (χ0n) is 14.6. The highest BCUT2D eigenvalue weighted by atomic mass is 19.4. The molecule has 1 amide bonds. The van der Waals surface area contributed by atoms with E-state index in [9.17, 15) is 18.0 Å². The average molecular weight is 363 g/mol. The highest BCUT2D eigenvalue weighted by Crippen LogP contribution is 2.55. The van der Waals surface area contributed by atoms with Crippen molar-refractivity contribution in [3.63, 3.8) is 0 Å². The molecule has 0 bridgehead atoms. The summed E-state index contributed by atoms with van der Waals surface area (Å²) in [5.41, 5.74) is -2.90. The van der Waals surface area contributed by atoms with Crippen LogP contribution in [0.25, 0.3) is 0 Å². The molecule has 26 heavy (non-hydrogen) atoms. The molecule has 1 aliphatic heterocycles. The fourth-order valence-corrected chi connectivity index (χ4v) is 3.28. The third-order valence-electron chi connectivity index (χ3n) is 5.11. The Morgan fingerprint density at radius 3 is 2.08 bits per heavy atom. The number of benzene rings is 2. The molecule has 1 fully saturated rings. The Kier molecular flexibility index (Phi) is 4.46. The molecule has 1 unspecified atom stereocenters. The van der Waals surface area contributed by atoms with Crippen LogP contribution in [0.2, 0.25) is 0 Å². The van der Waals surface area contributed by atoms with Crippen LogP contribution in [-0.4, -0.2) is 23.7 Å². The molecule has 2 aromatic carbocycles. The van der Waals surface area contributed by atoms with Gasteiger partial charge in [0.1, 0.15) is 5.41 Å². The van der Waals surface area contributed by atoms with Crippen molar-refractivity contribution >= 4 is 6.09 Å². The first kappa shape index (κ1) is 18.3. The summed E-state index contributed by atoms with van der Waals surface area (Å²) in [6, 6.07) is 17.3. The molecule has 6 heteroatoms. The summed E-state index contributed by atoms with van der Waals surface area (Å²) >= 11 is 0. The molecule has 3 nitrogen and oxygen atoms in total. The maximum absolute atomic E-state index is 13.9. The molecular weight excluding hydrogens is 343 g/mol. The fraction of sp³-hybridized carbons (Fsp3) is 0.350. The van der Waals surface area contributed by atoms with Gasteiger partial charge in [-0.3, -0.25) is 4.90 Å². The van der Waals surface area contributed by atoms with E-state index >= 15 is 0 Å². The Balaban J connectivity index is 2.02. The second-order valence-electron chi connectivity index (χ2n) is 7.03. The number of alkyl halides is 3. The van der Waals surface area contributed by atoms with E-state index in [1.807, 2.05) is 30.3 Å². The van der Waals surface area contributed by atoms with Crippen molar-refractivity contribution in [2.45, 2.75) is 32.2 Å². The molecule has 0 spiro atoms. The van der Waals surface area contributed by atoms with E-state index in [1.165, 1.54) is 4.90 Å². The number of carbonyl (C=O) groups excluding carboxylic acids is 1. The van der Waals surface area contributed by atoms with Gasteiger partial charge in [0.05, 0.1) is 6.54 Å². The van der Waals surface area contributed by atoms with Crippen molar-refractivity contribution < 1.29 is 22.7 Å². The molecule has 0 radical (unpaired) electrons. The van der Waals surface area contributed by atoms with Gasteiger partial charge in [-0.15, -0.1) is 0 Å². The normalized spacial score (nSPS) is 21.0. The van der Waals surface area contributed by atoms with Gasteiger partial charge in [0.2, 0.25) is 0 Å². The van der Waals surface area contributed by atoms with Crippen LogP contribution in [0.1, 0.15) is 25.0 Å². The molecule has 2 aromatic rings. The van der Waals surface area contributed by atoms with Crippen molar-refractivity contribution in [3.8, 4) is 0 Å². The zero-order valence-corrected chi connectivity index (χ0v) is 14.6. The summed E-state index contributed by atoms with van der Waals surface area (Å²) < 4.78 is 47.1. The molecule has 1 aliphatic rings. The van der Waals surface area contributed by atoms with Crippen LogP contribution in [0.4, 0.5) is 18.0 Å². The van der Waals surface area contributed by atoms with Crippen molar-refractivity contribution in [1.29, 1.82) is 0 Å². The van der Waals surface area contributed by atoms with Gasteiger partial charge < -0.3 is 4.74 Å². The lowest BCUT2D eigenvalue weighted by molar-refractivity contribution is -0.266. The molecule has 0 aliphatic carbocycles. The second kappa shape index (κ2) is 6.34. The topological polar surface area (TPSA) is 29.5 Å². The number of ether oxygens (including phenoxy) is 1. The SMILES string of the molecule is CC(C)(C(F)(F)F)C1(c2ccccc2)CN(Cc2ccccc2)C(=O)O1. The van der Waals surface area contributed by atoms with Gasteiger partial charge in [0, 0.05) is 6.54 Å². The number of cyclic esters (lactones) is 1. The van der Waals surface area contributed by atoms with Gasteiger partial charge in [0.25, 0.3) is 0 Å². The minimum absolute atomic E-state index is 0.169. The van der Waals surface area contributed by atoms with Gasteiger partial charge in [-0.1, -0.05) is 60.7 Å². The van der Waals surface area contributed by atoms with E-state index in [0.717, 1.165) is 19.4 Å². The number of amides is 1. The number of carbonyl (C=O) groups is 1. The number of rotatable bonds is 4. The van der Waals surface area contributed by atoms with Crippen molar-refractivity contribution in [2.75, 3.05) is 6.54 Å². The summed E-state index contributed by atoms with van der Waals surface area (Å²) in [4.78, 5) is 13.8. The summed E-state index contributed by atoms with van der Waals surface area (Å²) in [5, 5.41) is 0. The standard InChI is InChI=1S/C20H20F3NO2/c1-18(2,20(21,22)23)19(16-11-7-4-8-12-16)14-24(17(25)26-19)13-15-9-5-3-6-10-15/h3-12H,13-14H2,1-2H3. The molecule has 138 valence electrons. The number of hydrogen-bond donors (Lipinski definition) is 0. The van der Waals surface area contributed by atoms with E-state index in [0.29, 0.717) is 5.56 Å². The minimum atomic E-state index is -4.55. The fourth-order valence-electron chi connectivity index (χ4n) is 3.28. The van der Waals surface area contributed by atoms with Gasteiger partial charge >= 0.3 is 12.3 Å². The quantitative estimate of drug-likeness (QED) is 0.754. The zero-order chi connectivity index (χ0) is 19.0. The van der Waals surface area contributed by atoms with Crippen LogP contribution in [0.15, 0.2) is 60.7 Å². The molecule has 1 heterocycles.